The normalized spacial score (nSPS) is 11.7. The molecule has 0 aliphatic heterocycles. The fraction of sp³-hybridized carbons (Fsp3) is 0.385. The molecule has 1 aromatic rings. The largest absolute Gasteiger partial charge is 0.481 e. The van der Waals surface area contributed by atoms with E-state index >= 15 is 0 Å². The molecule has 0 aromatic heterocycles. The summed E-state index contributed by atoms with van der Waals surface area (Å²) in [7, 11) is 0. The molecule has 1 aromatic carbocycles. The average Bonchev–Trinajstić information content (AvgIpc) is 2.32. The van der Waals surface area contributed by atoms with Gasteiger partial charge in [0.2, 0.25) is 0 Å². The first-order valence-electron chi connectivity index (χ1n) is 5.92. The maximum absolute atomic E-state index is 13.3. The molecular weight excluding hydrogens is 251 g/mol. The van der Waals surface area contributed by atoms with Gasteiger partial charge >= 0.3 is 12.0 Å². The number of carboxylic acid groups (broad SMARTS) is 1. The Morgan fingerprint density at radius 1 is 1.42 bits per heavy atom. The Morgan fingerprint density at radius 3 is 2.74 bits per heavy atom. The number of hydrogen-bond donors (Lipinski definition) is 3. The van der Waals surface area contributed by atoms with Crippen LogP contribution in [0, 0.1) is 18.7 Å². The van der Waals surface area contributed by atoms with Crippen molar-refractivity contribution in [3.8, 4) is 0 Å². The first kappa shape index (κ1) is 14.9. The van der Waals surface area contributed by atoms with Crippen molar-refractivity contribution in [3.63, 3.8) is 0 Å². The third kappa shape index (κ3) is 4.95. The molecule has 0 spiro atoms. The minimum absolute atomic E-state index is 0.0146. The quantitative estimate of drug-likeness (QED) is 0.767. The number of aliphatic carboxylic acids is 1. The summed E-state index contributed by atoms with van der Waals surface area (Å²) in [4.78, 5) is 22.0. The second-order valence-corrected chi connectivity index (χ2v) is 4.45. The van der Waals surface area contributed by atoms with Crippen LogP contribution in [-0.4, -0.2) is 23.7 Å². The van der Waals surface area contributed by atoms with E-state index in [0.29, 0.717) is 11.3 Å². The summed E-state index contributed by atoms with van der Waals surface area (Å²) in [5.74, 6) is -1.47. The van der Waals surface area contributed by atoms with Crippen molar-refractivity contribution in [1.29, 1.82) is 0 Å². The standard InChI is InChI=1S/C13H17FN2O3/c1-8(6-12(17)18)7-15-13(19)16-11-5-3-4-10(14)9(11)2/h3-5,8H,6-7H2,1-2H3,(H,17,18)(H2,15,16,19). The van der Waals surface area contributed by atoms with Gasteiger partial charge in [-0.2, -0.15) is 0 Å². The van der Waals surface area contributed by atoms with E-state index in [2.05, 4.69) is 10.6 Å². The van der Waals surface area contributed by atoms with Crippen molar-refractivity contribution in [2.24, 2.45) is 5.92 Å². The Labute approximate surface area is 110 Å². The molecule has 0 heterocycles. The average molecular weight is 268 g/mol. The van der Waals surface area contributed by atoms with Crippen LogP contribution in [0.5, 0.6) is 0 Å². The lowest BCUT2D eigenvalue weighted by Crippen LogP contribution is -2.33. The first-order valence-corrected chi connectivity index (χ1v) is 5.92. The van der Waals surface area contributed by atoms with Crippen molar-refractivity contribution in [2.75, 3.05) is 11.9 Å². The van der Waals surface area contributed by atoms with Gasteiger partial charge in [0.1, 0.15) is 5.82 Å². The number of carboxylic acids is 1. The molecule has 0 aliphatic carbocycles. The van der Waals surface area contributed by atoms with Crippen molar-refractivity contribution in [1.82, 2.24) is 5.32 Å². The van der Waals surface area contributed by atoms with Gasteiger partial charge in [0.15, 0.2) is 0 Å². The van der Waals surface area contributed by atoms with E-state index in [1.54, 1.807) is 19.9 Å². The maximum Gasteiger partial charge on any atom is 0.319 e. The number of nitrogens with one attached hydrogen (secondary N) is 2. The number of carbonyl (C=O) groups excluding carboxylic acids is 1. The topological polar surface area (TPSA) is 78.4 Å². The zero-order chi connectivity index (χ0) is 14.4. The van der Waals surface area contributed by atoms with Crippen LogP contribution in [0.1, 0.15) is 18.9 Å². The number of halogens is 1. The van der Waals surface area contributed by atoms with Gasteiger partial charge in [-0.25, -0.2) is 9.18 Å². The zero-order valence-electron chi connectivity index (χ0n) is 10.9. The van der Waals surface area contributed by atoms with Gasteiger partial charge in [0.05, 0.1) is 0 Å². The van der Waals surface area contributed by atoms with Crippen LogP contribution in [0.3, 0.4) is 0 Å². The molecular formula is C13H17FN2O3. The Kier molecular flexibility index (Phi) is 5.29. The molecule has 0 saturated carbocycles. The van der Waals surface area contributed by atoms with Gasteiger partial charge in [0.25, 0.3) is 0 Å². The van der Waals surface area contributed by atoms with E-state index < -0.39 is 17.8 Å². The maximum atomic E-state index is 13.3. The predicted octanol–water partition coefficient (Wildman–Crippen LogP) is 2.37. The molecule has 1 atom stereocenters. The van der Waals surface area contributed by atoms with Gasteiger partial charge in [-0.05, 0) is 25.0 Å². The van der Waals surface area contributed by atoms with E-state index in [9.17, 15) is 14.0 Å². The lowest BCUT2D eigenvalue weighted by molar-refractivity contribution is -0.137. The summed E-state index contributed by atoms with van der Waals surface area (Å²) in [6.07, 6.45) is -0.0146. The summed E-state index contributed by atoms with van der Waals surface area (Å²) in [5.41, 5.74) is 0.750. The predicted molar refractivity (Wildman–Crippen MR) is 69.6 cm³/mol. The Hall–Kier alpha value is -2.11. The van der Waals surface area contributed by atoms with E-state index in [0.717, 1.165) is 0 Å². The molecule has 3 N–H and O–H groups in total. The molecule has 2 amide bonds. The summed E-state index contributed by atoms with van der Waals surface area (Å²) >= 11 is 0. The SMILES string of the molecule is Cc1c(F)cccc1NC(=O)NCC(C)CC(=O)O. The van der Waals surface area contributed by atoms with Crippen LogP contribution >= 0.6 is 0 Å². The molecule has 19 heavy (non-hydrogen) atoms. The third-order valence-electron chi connectivity index (χ3n) is 2.65. The molecule has 5 nitrogen and oxygen atoms in total. The van der Waals surface area contributed by atoms with Gasteiger partial charge < -0.3 is 15.7 Å². The summed E-state index contributed by atoms with van der Waals surface area (Å²) in [6.45, 7) is 3.53. The van der Waals surface area contributed by atoms with Crippen LogP contribution in [0.2, 0.25) is 0 Å². The van der Waals surface area contributed by atoms with Gasteiger partial charge in [-0.3, -0.25) is 4.79 Å². The third-order valence-corrected chi connectivity index (χ3v) is 2.65. The molecule has 1 unspecified atom stereocenters. The highest BCUT2D eigenvalue weighted by atomic mass is 19.1. The van der Waals surface area contributed by atoms with Crippen LogP contribution < -0.4 is 10.6 Å². The summed E-state index contributed by atoms with van der Waals surface area (Å²) < 4.78 is 13.3. The van der Waals surface area contributed by atoms with Gasteiger partial charge in [-0.15, -0.1) is 0 Å². The molecule has 0 saturated heterocycles. The minimum Gasteiger partial charge on any atom is -0.481 e. The van der Waals surface area contributed by atoms with Gasteiger partial charge in [-0.1, -0.05) is 13.0 Å². The smallest absolute Gasteiger partial charge is 0.319 e. The number of amides is 2. The highest BCUT2D eigenvalue weighted by Crippen LogP contribution is 2.17. The van der Waals surface area contributed by atoms with E-state index in [1.807, 2.05) is 0 Å². The van der Waals surface area contributed by atoms with Crippen molar-refractivity contribution in [2.45, 2.75) is 20.3 Å². The number of benzene rings is 1. The fourth-order valence-corrected chi connectivity index (χ4v) is 1.55. The van der Waals surface area contributed by atoms with E-state index in [-0.39, 0.29) is 18.9 Å². The van der Waals surface area contributed by atoms with E-state index in [4.69, 9.17) is 5.11 Å². The molecule has 0 bridgehead atoms. The lowest BCUT2D eigenvalue weighted by atomic mass is 10.1. The van der Waals surface area contributed by atoms with Gasteiger partial charge in [0, 0.05) is 24.2 Å². The van der Waals surface area contributed by atoms with Crippen LogP contribution in [0.25, 0.3) is 0 Å². The van der Waals surface area contributed by atoms with Crippen molar-refractivity contribution in [3.05, 3.63) is 29.6 Å². The van der Waals surface area contributed by atoms with Crippen molar-refractivity contribution < 1.29 is 19.1 Å². The summed E-state index contributed by atoms with van der Waals surface area (Å²) in [5, 5.41) is 13.7. The molecule has 0 fully saturated rings. The number of hydrogen-bond acceptors (Lipinski definition) is 2. The highest BCUT2D eigenvalue weighted by Gasteiger charge is 2.10. The highest BCUT2D eigenvalue weighted by molar-refractivity contribution is 5.90. The zero-order valence-corrected chi connectivity index (χ0v) is 10.9. The molecule has 104 valence electrons. The molecule has 1 rings (SSSR count). The number of rotatable bonds is 5. The first-order chi connectivity index (χ1) is 8.90. The monoisotopic (exact) mass is 268 g/mol. The number of carbonyl (C=O) groups is 2. The summed E-state index contributed by atoms with van der Waals surface area (Å²) in [6, 6.07) is 3.93. The van der Waals surface area contributed by atoms with Crippen LogP contribution in [0.15, 0.2) is 18.2 Å². The van der Waals surface area contributed by atoms with Crippen molar-refractivity contribution >= 4 is 17.7 Å². The fourth-order valence-electron chi connectivity index (χ4n) is 1.55. The second-order valence-electron chi connectivity index (χ2n) is 4.45. The Bertz CT molecular complexity index is 477. The Morgan fingerprint density at radius 2 is 2.11 bits per heavy atom. The molecule has 0 aliphatic rings. The van der Waals surface area contributed by atoms with Crippen LogP contribution in [0.4, 0.5) is 14.9 Å². The van der Waals surface area contributed by atoms with E-state index in [1.165, 1.54) is 12.1 Å². The second kappa shape index (κ2) is 6.72. The molecule has 0 radical (unpaired) electrons. The minimum atomic E-state index is -0.907. The lowest BCUT2D eigenvalue weighted by Gasteiger charge is -2.12. The Balaban J connectivity index is 2.47. The number of urea groups is 1. The molecule has 6 heteroatoms. The van der Waals surface area contributed by atoms with Crippen LogP contribution in [-0.2, 0) is 4.79 Å². The number of anilines is 1.